The average Bonchev–Trinajstić information content (AvgIpc) is 2.33. The molecule has 1 aliphatic rings. The predicted molar refractivity (Wildman–Crippen MR) is 52.7 cm³/mol. The number of terminal acetylenes is 1. The van der Waals surface area contributed by atoms with E-state index in [0.717, 1.165) is 0 Å². The van der Waals surface area contributed by atoms with Crippen molar-refractivity contribution in [1.29, 1.82) is 0 Å². The Balaban J connectivity index is 2.71. The number of nitrogens with one attached hydrogen (secondary N) is 1. The van der Waals surface area contributed by atoms with Crippen LogP contribution in [0.15, 0.2) is 11.9 Å². The van der Waals surface area contributed by atoms with Crippen molar-refractivity contribution >= 4 is 28.6 Å². The molecule has 4 heteroatoms. The summed E-state index contributed by atoms with van der Waals surface area (Å²) in [6.45, 7) is 0. The summed E-state index contributed by atoms with van der Waals surface area (Å²) < 4.78 is 0. The van der Waals surface area contributed by atoms with E-state index in [0.29, 0.717) is 0 Å². The van der Waals surface area contributed by atoms with Crippen LogP contribution in [0.4, 0.5) is 0 Å². The highest BCUT2D eigenvalue weighted by atomic mass is 32.9. The fraction of sp³-hybridized carbons (Fsp3) is 0.333. The van der Waals surface area contributed by atoms with Crippen LogP contribution in [0.25, 0.3) is 0 Å². The third kappa shape index (κ3) is 1.65. The Bertz CT molecular complexity index is 241. The first kappa shape index (κ1) is 8.36. The van der Waals surface area contributed by atoms with Crippen molar-refractivity contribution < 1.29 is 0 Å². The maximum Gasteiger partial charge on any atom is 0.0902 e. The molecular weight excluding hydrogens is 181 g/mol. The summed E-state index contributed by atoms with van der Waals surface area (Å²) in [4.78, 5) is 0. The lowest BCUT2D eigenvalue weighted by molar-refractivity contribution is 1.29. The normalized spacial score (nSPS) is 37.8. The SMILES string of the molecule is C#CC1C=CP(=S)(NC)S1. The van der Waals surface area contributed by atoms with Gasteiger partial charge in [-0.05, 0) is 12.9 Å². The van der Waals surface area contributed by atoms with Gasteiger partial charge >= 0.3 is 0 Å². The second kappa shape index (κ2) is 3.11. The van der Waals surface area contributed by atoms with Crippen LogP contribution in [0, 0.1) is 12.3 Å². The third-order valence-electron chi connectivity index (χ3n) is 1.20. The molecule has 0 aliphatic carbocycles. The van der Waals surface area contributed by atoms with Crippen LogP contribution in [0.2, 0.25) is 0 Å². The zero-order chi connectivity index (χ0) is 7.61. The summed E-state index contributed by atoms with van der Waals surface area (Å²) in [5.41, 5.74) is 0. The minimum atomic E-state index is -1.45. The maximum atomic E-state index is 5.29. The first-order valence-electron chi connectivity index (χ1n) is 2.83. The molecule has 1 nitrogen and oxygen atoms in total. The Morgan fingerprint density at radius 3 is 2.90 bits per heavy atom. The van der Waals surface area contributed by atoms with Gasteiger partial charge in [0.2, 0.25) is 0 Å². The minimum Gasteiger partial charge on any atom is -0.281 e. The Labute approximate surface area is 70.5 Å². The molecule has 0 radical (unpaired) electrons. The van der Waals surface area contributed by atoms with Gasteiger partial charge in [0, 0.05) is 0 Å². The second-order valence-corrected chi connectivity index (χ2v) is 9.29. The van der Waals surface area contributed by atoms with Crippen molar-refractivity contribution in [3.63, 3.8) is 0 Å². The maximum absolute atomic E-state index is 5.29. The lowest BCUT2D eigenvalue weighted by atomic mass is 10.4. The Morgan fingerprint density at radius 1 is 1.90 bits per heavy atom. The van der Waals surface area contributed by atoms with Crippen molar-refractivity contribution in [3.05, 3.63) is 11.9 Å². The van der Waals surface area contributed by atoms with Crippen LogP contribution in [0.3, 0.4) is 0 Å². The summed E-state index contributed by atoms with van der Waals surface area (Å²) >= 11 is 6.97. The Morgan fingerprint density at radius 2 is 2.60 bits per heavy atom. The van der Waals surface area contributed by atoms with Crippen LogP contribution in [0.1, 0.15) is 0 Å². The molecule has 2 atom stereocenters. The van der Waals surface area contributed by atoms with E-state index >= 15 is 0 Å². The minimum absolute atomic E-state index is 0.193. The van der Waals surface area contributed by atoms with E-state index in [1.807, 2.05) is 18.9 Å². The topological polar surface area (TPSA) is 12.0 Å². The monoisotopic (exact) mass is 189 g/mol. The summed E-state index contributed by atoms with van der Waals surface area (Å²) in [7, 11) is 1.89. The molecule has 0 bridgehead atoms. The van der Waals surface area contributed by atoms with Crippen LogP contribution in [-0.2, 0) is 11.8 Å². The van der Waals surface area contributed by atoms with Gasteiger partial charge in [0.1, 0.15) is 0 Å². The highest BCUT2D eigenvalue weighted by Crippen LogP contribution is 2.62. The van der Waals surface area contributed by atoms with Crippen molar-refractivity contribution in [1.82, 2.24) is 5.09 Å². The molecule has 54 valence electrons. The molecule has 0 fully saturated rings. The summed E-state index contributed by atoms with van der Waals surface area (Å²) in [6, 6.07) is 0. The van der Waals surface area contributed by atoms with E-state index in [9.17, 15) is 0 Å². The second-order valence-electron chi connectivity index (χ2n) is 1.85. The summed E-state index contributed by atoms with van der Waals surface area (Å²) in [5.74, 6) is 4.69. The van der Waals surface area contributed by atoms with Gasteiger partial charge in [0.15, 0.2) is 0 Å². The first-order valence-corrected chi connectivity index (χ1v) is 7.18. The van der Waals surface area contributed by atoms with E-state index in [1.54, 1.807) is 11.4 Å². The molecule has 1 N–H and O–H groups in total. The van der Waals surface area contributed by atoms with Gasteiger partial charge in [-0.2, -0.15) is 0 Å². The molecule has 1 aliphatic heterocycles. The average molecular weight is 189 g/mol. The number of rotatable bonds is 1. The van der Waals surface area contributed by atoms with Gasteiger partial charge < -0.3 is 0 Å². The number of hydrogen-bond acceptors (Lipinski definition) is 2. The molecule has 0 amide bonds. The smallest absolute Gasteiger partial charge is 0.0902 e. The number of hydrogen-bond donors (Lipinski definition) is 1. The predicted octanol–water partition coefficient (Wildman–Crippen LogP) is 1.78. The van der Waals surface area contributed by atoms with Gasteiger partial charge in [0.25, 0.3) is 0 Å². The zero-order valence-corrected chi connectivity index (χ0v) is 8.10. The van der Waals surface area contributed by atoms with Crippen molar-refractivity contribution in [2.45, 2.75) is 5.25 Å². The highest BCUT2D eigenvalue weighted by Gasteiger charge is 2.21. The molecule has 1 rings (SSSR count). The van der Waals surface area contributed by atoms with Gasteiger partial charge in [-0.3, -0.25) is 5.09 Å². The van der Waals surface area contributed by atoms with Crippen molar-refractivity contribution in [2.75, 3.05) is 7.05 Å². The Kier molecular flexibility index (Phi) is 2.60. The van der Waals surface area contributed by atoms with Gasteiger partial charge in [0.05, 0.1) is 10.6 Å². The van der Waals surface area contributed by atoms with Crippen molar-refractivity contribution in [3.8, 4) is 12.3 Å². The van der Waals surface area contributed by atoms with E-state index < -0.39 is 5.39 Å². The van der Waals surface area contributed by atoms with Crippen LogP contribution < -0.4 is 5.09 Å². The van der Waals surface area contributed by atoms with Crippen LogP contribution >= 0.6 is 16.8 Å². The quantitative estimate of drug-likeness (QED) is 0.499. The highest BCUT2D eigenvalue weighted by molar-refractivity contribution is 8.72. The Hall–Kier alpha value is 0.260. The van der Waals surface area contributed by atoms with Crippen molar-refractivity contribution in [2.24, 2.45) is 0 Å². The standard InChI is InChI=1S/C6H8NPS2/c1-3-6-4-5-8(9,7-2)10-6/h1,4-6H,2H3,(H,7,9). The molecule has 0 saturated heterocycles. The molecule has 0 aromatic carbocycles. The molecule has 2 unspecified atom stereocenters. The fourth-order valence-electron chi connectivity index (χ4n) is 0.644. The molecule has 10 heavy (non-hydrogen) atoms. The van der Waals surface area contributed by atoms with E-state index in [-0.39, 0.29) is 5.25 Å². The lowest BCUT2D eigenvalue weighted by Crippen LogP contribution is -1.95. The molecule has 0 aromatic heterocycles. The molecule has 0 aromatic rings. The van der Waals surface area contributed by atoms with Gasteiger partial charge in [-0.15, -0.1) is 6.42 Å². The van der Waals surface area contributed by atoms with Gasteiger partial charge in [-0.25, -0.2) is 0 Å². The third-order valence-corrected chi connectivity index (χ3v) is 7.45. The van der Waals surface area contributed by atoms with E-state index in [4.69, 9.17) is 18.2 Å². The summed E-state index contributed by atoms with van der Waals surface area (Å²) in [5, 5.41) is 1.86. The lowest BCUT2D eigenvalue weighted by Gasteiger charge is -2.10. The fourth-order valence-corrected chi connectivity index (χ4v) is 5.22. The molecule has 1 heterocycles. The molecule has 0 saturated carbocycles. The van der Waals surface area contributed by atoms with Crippen LogP contribution in [0.5, 0.6) is 0 Å². The largest absolute Gasteiger partial charge is 0.281 e. The van der Waals surface area contributed by atoms with E-state index in [1.165, 1.54) is 0 Å². The molecular formula is C6H8NPS2. The summed E-state index contributed by atoms with van der Waals surface area (Å²) in [6.07, 6.45) is 7.23. The van der Waals surface area contributed by atoms with Gasteiger partial charge in [-0.1, -0.05) is 35.2 Å². The first-order chi connectivity index (χ1) is 4.70. The van der Waals surface area contributed by atoms with Crippen LogP contribution in [-0.4, -0.2) is 12.3 Å². The van der Waals surface area contributed by atoms with E-state index in [2.05, 4.69) is 11.0 Å². The zero-order valence-electron chi connectivity index (χ0n) is 5.57. The molecule has 0 spiro atoms.